The average Bonchev–Trinajstić information content (AvgIpc) is 3.41. The standard InChI is InChI=1S/C29H25Cl2NO3S/c30-24-13-4-19(16-25(24)31)17-35-23-11-7-20(8-12-23)26-18-36-28(32-26)29(14-2-1-3-15-29)22-9-5-21(6-10-22)27(33)34/h4-13,16,18H,1-3,14-15,17H2,(H,33,34). The predicted molar refractivity (Wildman–Crippen MR) is 146 cm³/mol. The molecule has 0 bridgehead atoms. The molecule has 5 rings (SSSR count). The van der Waals surface area contributed by atoms with Gasteiger partial charge in [0.05, 0.1) is 21.3 Å². The van der Waals surface area contributed by atoms with Gasteiger partial charge in [-0.2, -0.15) is 0 Å². The van der Waals surface area contributed by atoms with Crippen LogP contribution in [0.3, 0.4) is 0 Å². The van der Waals surface area contributed by atoms with Crippen LogP contribution in [-0.2, 0) is 12.0 Å². The minimum atomic E-state index is -0.903. The minimum Gasteiger partial charge on any atom is -0.489 e. The zero-order valence-electron chi connectivity index (χ0n) is 19.5. The molecule has 0 unspecified atom stereocenters. The molecule has 0 aliphatic heterocycles. The van der Waals surface area contributed by atoms with Crippen molar-refractivity contribution < 1.29 is 14.6 Å². The number of hydrogen-bond donors (Lipinski definition) is 1. The Bertz CT molecular complexity index is 1360. The number of halogens is 2. The van der Waals surface area contributed by atoms with Crippen LogP contribution in [0, 0.1) is 0 Å². The molecule has 0 saturated heterocycles. The van der Waals surface area contributed by atoms with Crippen LogP contribution in [0.2, 0.25) is 10.0 Å². The summed E-state index contributed by atoms with van der Waals surface area (Å²) in [6.07, 6.45) is 5.54. The third-order valence-corrected chi connectivity index (χ3v) is 8.63. The summed E-state index contributed by atoms with van der Waals surface area (Å²) in [5, 5.41) is 13.6. The number of nitrogens with zero attached hydrogens (tertiary/aromatic N) is 1. The van der Waals surface area contributed by atoms with E-state index in [2.05, 4.69) is 5.38 Å². The molecule has 1 N–H and O–H groups in total. The lowest BCUT2D eigenvalue weighted by atomic mass is 9.69. The quantitative estimate of drug-likeness (QED) is 0.256. The first-order valence-electron chi connectivity index (χ1n) is 11.9. The molecule has 1 heterocycles. The summed E-state index contributed by atoms with van der Waals surface area (Å²) in [6, 6.07) is 20.8. The van der Waals surface area contributed by atoms with Gasteiger partial charge in [0, 0.05) is 16.4 Å². The van der Waals surface area contributed by atoms with Gasteiger partial charge in [-0.1, -0.05) is 60.7 Å². The number of carbonyl (C=O) groups is 1. The third-order valence-electron chi connectivity index (χ3n) is 6.84. The number of aromatic carboxylic acids is 1. The van der Waals surface area contributed by atoms with Gasteiger partial charge in [-0.15, -0.1) is 11.3 Å². The van der Waals surface area contributed by atoms with Crippen molar-refractivity contribution in [1.82, 2.24) is 4.98 Å². The molecule has 4 aromatic rings. The lowest BCUT2D eigenvalue weighted by molar-refractivity contribution is 0.0697. The number of benzene rings is 3. The molecule has 184 valence electrons. The van der Waals surface area contributed by atoms with Crippen LogP contribution in [0.5, 0.6) is 5.75 Å². The van der Waals surface area contributed by atoms with Gasteiger partial charge in [0.2, 0.25) is 0 Å². The molecule has 1 aliphatic rings. The second-order valence-electron chi connectivity index (χ2n) is 9.12. The SMILES string of the molecule is O=C(O)c1ccc(C2(c3nc(-c4ccc(OCc5ccc(Cl)c(Cl)c5)cc4)cs3)CCCCC2)cc1. The Morgan fingerprint density at radius 3 is 2.33 bits per heavy atom. The fraction of sp³-hybridized carbons (Fsp3) is 0.241. The van der Waals surface area contributed by atoms with E-state index in [4.69, 9.17) is 32.9 Å². The number of carboxylic acid groups (broad SMARTS) is 1. The monoisotopic (exact) mass is 537 g/mol. The van der Waals surface area contributed by atoms with E-state index in [0.717, 1.165) is 58.8 Å². The highest BCUT2D eigenvalue weighted by atomic mass is 35.5. The van der Waals surface area contributed by atoms with Gasteiger partial charge in [0.1, 0.15) is 17.4 Å². The first kappa shape index (κ1) is 24.8. The Morgan fingerprint density at radius 2 is 1.67 bits per heavy atom. The number of ether oxygens (including phenoxy) is 1. The lowest BCUT2D eigenvalue weighted by Gasteiger charge is -2.36. The molecule has 3 aromatic carbocycles. The average molecular weight is 538 g/mol. The van der Waals surface area contributed by atoms with Gasteiger partial charge in [-0.05, 0) is 72.5 Å². The van der Waals surface area contributed by atoms with Crippen LogP contribution >= 0.6 is 34.5 Å². The molecule has 1 aromatic heterocycles. The molecule has 0 spiro atoms. The number of hydrogen-bond acceptors (Lipinski definition) is 4. The Labute approximate surface area is 224 Å². The second kappa shape index (κ2) is 10.6. The Balaban J connectivity index is 1.35. The molecule has 4 nitrogen and oxygen atoms in total. The van der Waals surface area contributed by atoms with Gasteiger partial charge >= 0.3 is 5.97 Å². The van der Waals surface area contributed by atoms with Crippen molar-refractivity contribution in [1.29, 1.82) is 0 Å². The van der Waals surface area contributed by atoms with E-state index in [9.17, 15) is 9.90 Å². The molecule has 1 saturated carbocycles. The van der Waals surface area contributed by atoms with E-state index in [1.807, 2.05) is 48.5 Å². The van der Waals surface area contributed by atoms with E-state index in [-0.39, 0.29) is 5.41 Å². The highest BCUT2D eigenvalue weighted by Gasteiger charge is 2.38. The predicted octanol–water partition coefficient (Wildman–Crippen LogP) is 8.64. The largest absolute Gasteiger partial charge is 0.489 e. The van der Waals surface area contributed by atoms with Crippen molar-refractivity contribution in [3.63, 3.8) is 0 Å². The Hall–Kier alpha value is -2.86. The van der Waals surface area contributed by atoms with Gasteiger partial charge < -0.3 is 9.84 Å². The molecule has 0 atom stereocenters. The summed E-state index contributed by atoms with van der Waals surface area (Å²) in [5.74, 6) is -0.136. The number of thiazole rings is 1. The molecule has 1 aliphatic carbocycles. The summed E-state index contributed by atoms with van der Waals surface area (Å²) >= 11 is 13.8. The maximum Gasteiger partial charge on any atom is 0.335 e. The minimum absolute atomic E-state index is 0.166. The van der Waals surface area contributed by atoms with E-state index >= 15 is 0 Å². The van der Waals surface area contributed by atoms with Crippen LogP contribution in [0.1, 0.15) is 58.6 Å². The molecule has 1 fully saturated rings. The zero-order chi connectivity index (χ0) is 25.1. The highest BCUT2D eigenvalue weighted by molar-refractivity contribution is 7.10. The van der Waals surface area contributed by atoms with Gasteiger partial charge in [-0.3, -0.25) is 0 Å². The molecule has 0 radical (unpaired) electrons. The van der Waals surface area contributed by atoms with Crippen LogP contribution in [0.25, 0.3) is 11.3 Å². The van der Waals surface area contributed by atoms with E-state index in [1.54, 1.807) is 29.5 Å². The summed E-state index contributed by atoms with van der Waals surface area (Å²) in [6.45, 7) is 0.403. The summed E-state index contributed by atoms with van der Waals surface area (Å²) in [4.78, 5) is 16.4. The zero-order valence-corrected chi connectivity index (χ0v) is 21.9. The second-order valence-corrected chi connectivity index (χ2v) is 10.8. The van der Waals surface area contributed by atoms with E-state index in [1.165, 1.54) is 6.42 Å². The smallest absolute Gasteiger partial charge is 0.335 e. The number of aromatic nitrogens is 1. The third kappa shape index (κ3) is 5.15. The lowest BCUT2D eigenvalue weighted by Crippen LogP contribution is -2.30. The maximum atomic E-state index is 11.3. The van der Waals surface area contributed by atoms with Crippen LogP contribution in [0.4, 0.5) is 0 Å². The normalized spacial score (nSPS) is 14.9. The van der Waals surface area contributed by atoms with E-state index in [0.29, 0.717) is 22.2 Å². The van der Waals surface area contributed by atoms with E-state index < -0.39 is 5.97 Å². The summed E-state index contributed by atoms with van der Waals surface area (Å²) in [7, 11) is 0. The molecule has 0 amide bonds. The first-order chi connectivity index (χ1) is 17.4. The van der Waals surface area contributed by atoms with Crippen LogP contribution in [-0.4, -0.2) is 16.1 Å². The fourth-order valence-corrected chi connectivity index (χ4v) is 6.29. The van der Waals surface area contributed by atoms with Crippen molar-refractivity contribution in [2.24, 2.45) is 0 Å². The van der Waals surface area contributed by atoms with Crippen molar-refractivity contribution in [2.45, 2.75) is 44.1 Å². The molecule has 36 heavy (non-hydrogen) atoms. The molecular weight excluding hydrogens is 513 g/mol. The van der Waals surface area contributed by atoms with Crippen LogP contribution < -0.4 is 4.74 Å². The number of carboxylic acids is 1. The molecule has 7 heteroatoms. The first-order valence-corrected chi connectivity index (χ1v) is 13.6. The Kier molecular flexibility index (Phi) is 7.33. The fourth-order valence-electron chi connectivity index (χ4n) is 4.86. The van der Waals surface area contributed by atoms with Crippen molar-refractivity contribution >= 4 is 40.5 Å². The van der Waals surface area contributed by atoms with Gasteiger partial charge in [0.25, 0.3) is 0 Å². The van der Waals surface area contributed by atoms with Crippen molar-refractivity contribution in [3.8, 4) is 17.0 Å². The summed E-state index contributed by atoms with van der Waals surface area (Å²) < 4.78 is 5.92. The number of rotatable bonds is 7. The summed E-state index contributed by atoms with van der Waals surface area (Å²) in [5.41, 5.74) is 4.22. The van der Waals surface area contributed by atoms with Crippen LogP contribution in [0.15, 0.2) is 72.1 Å². The topological polar surface area (TPSA) is 59.4 Å². The van der Waals surface area contributed by atoms with Crippen molar-refractivity contribution in [3.05, 3.63) is 104 Å². The van der Waals surface area contributed by atoms with Crippen molar-refractivity contribution in [2.75, 3.05) is 0 Å². The van der Waals surface area contributed by atoms with Gasteiger partial charge in [0.15, 0.2) is 0 Å². The Morgan fingerprint density at radius 1 is 0.944 bits per heavy atom. The highest BCUT2D eigenvalue weighted by Crippen LogP contribution is 2.46. The molecular formula is C29H25Cl2NO3S. The maximum absolute atomic E-state index is 11.3. The van der Waals surface area contributed by atoms with Gasteiger partial charge in [-0.25, -0.2) is 9.78 Å².